The Bertz CT molecular complexity index is 777. The normalized spacial score (nSPS) is 17.8. The molecule has 0 aliphatic carbocycles. The predicted octanol–water partition coefficient (Wildman–Crippen LogP) is 2.36. The van der Waals surface area contributed by atoms with Gasteiger partial charge in [-0.3, -0.25) is 10.00 Å². The summed E-state index contributed by atoms with van der Waals surface area (Å²) in [6, 6.07) is 13.0. The molecule has 1 aliphatic rings. The molecule has 3 heterocycles. The molecule has 0 unspecified atom stereocenters. The van der Waals surface area contributed by atoms with E-state index in [0.29, 0.717) is 6.04 Å². The van der Waals surface area contributed by atoms with E-state index in [0.717, 1.165) is 49.8 Å². The largest absolute Gasteiger partial charge is 0.310 e. The van der Waals surface area contributed by atoms with E-state index in [4.69, 9.17) is 0 Å². The maximum absolute atomic E-state index is 4.46. The van der Waals surface area contributed by atoms with E-state index < -0.39 is 0 Å². The molecule has 6 heteroatoms. The molecule has 0 saturated heterocycles. The number of nitrogens with one attached hydrogen (secondary N) is 1. The van der Waals surface area contributed by atoms with Crippen molar-refractivity contribution in [2.24, 2.45) is 0 Å². The Labute approximate surface area is 141 Å². The van der Waals surface area contributed by atoms with E-state index >= 15 is 0 Å². The van der Waals surface area contributed by atoms with Gasteiger partial charge >= 0.3 is 0 Å². The molecule has 0 radical (unpaired) electrons. The van der Waals surface area contributed by atoms with Gasteiger partial charge in [0.15, 0.2) is 0 Å². The van der Waals surface area contributed by atoms with Gasteiger partial charge < -0.3 is 4.57 Å². The van der Waals surface area contributed by atoms with Crippen LogP contribution in [0, 0.1) is 0 Å². The minimum atomic E-state index is 0.387. The third-order valence-corrected chi connectivity index (χ3v) is 4.60. The second-order valence-corrected chi connectivity index (χ2v) is 6.49. The average molecular weight is 322 g/mol. The fraction of sp³-hybridized carbons (Fsp3) is 0.389. The zero-order chi connectivity index (χ0) is 16.4. The lowest BCUT2D eigenvalue weighted by molar-refractivity contribution is 0.177. The fourth-order valence-electron chi connectivity index (χ4n) is 3.50. The molecule has 3 aromatic rings. The number of fused-ring (bicyclic) bond motifs is 1. The van der Waals surface area contributed by atoms with Crippen LogP contribution < -0.4 is 0 Å². The molecule has 1 atom stereocenters. The highest BCUT2D eigenvalue weighted by molar-refractivity contribution is 5.16. The van der Waals surface area contributed by atoms with Crippen molar-refractivity contribution in [3.63, 3.8) is 0 Å². The van der Waals surface area contributed by atoms with Gasteiger partial charge in [-0.25, -0.2) is 0 Å². The van der Waals surface area contributed by atoms with Crippen LogP contribution in [-0.2, 0) is 25.9 Å². The summed E-state index contributed by atoms with van der Waals surface area (Å²) in [5.41, 5.74) is 2.48. The van der Waals surface area contributed by atoms with Crippen LogP contribution in [0.25, 0.3) is 0 Å². The molecule has 0 fully saturated rings. The Balaban J connectivity index is 1.46. The number of hydrogen-bond acceptors (Lipinski definition) is 4. The summed E-state index contributed by atoms with van der Waals surface area (Å²) in [6.07, 6.45) is 3.73. The van der Waals surface area contributed by atoms with Crippen LogP contribution in [0.1, 0.15) is 35.9 Å². The summed E-state index contributed by atoms with van der Waals surface area (Å²) >= 11 is 0. The lowest BCUT2D eigenvalue weighted by atomic mass is 10.1. The first-order chi connectivity index (χ1) is 11.8. The molecule has 4 rings (SSSR count). The van der Waals surface area contributed by atoms with Crippen LogP contribution in [0.5, 0.6) is 0 Å². The molecule has 0 spiro atoms. The smallest absolute Gasteiger partial charge is 0.147 e. The van der Waals surface area contributed by atoms with Gasteiger partial charge in [0.25, 0.3) is 0 Å². The summed E-state index contributed by atoms with van der Waals surface area (Å²) in [5, 5.41) is 16.0. The van der Waals surface area contributed by atoms with E-state index in [1.807, 2.05) is 6.07 Å². The van der Waals surface area contributed by atoms with E-state index in [1.54, 1.807) is 6.20 Å². The van der Waals surface area contributed by atoms with Crippen molar-refractivity contribution in [2.75, 3.05) is 6.54 Å². The van der Waals surface area contributed by atoms with E-state index in [9.17, 15) is 0 Å². The Morgan fingerprint density at radius 1 is 1.12 bits per heavy atom. The van der Waals surface area contributed by atoms with E-state index in [2.05, 4.69) is 67.1 Å². The van der Waals surface area contributed by atoms with Gasteiger partial charge in [0, 0.05) is 37.4 Å². The number of nitrogens with zero attached hydrogens (tertiary/aromatic N) is 5. The lowest BCUT2D eigenvalue weighted by Crippen LogP contribution is -2.36. The minimum Gasteiger partial charge on any atom is -0.310 e. The van der Waals surface area contributed by atoms with Crippen molar-refractivity contribution >= 4 is 0 Å². The van der Waals surface area contributed by atoms with Crippen molar-refractivity contribution in [2.45, 2.75) is 38.9 Å². The van der Waals surface area contributed by atoms with Crippen LogP contribution in [0.2, 0.25) is 0 Å². The Kier molecular flexibility index (Phi) is 4.13. The number of aromatic nitrogens is 5. The van der Waals surface area contributed by atoms with Crippen molar-refractivity contribution in [3.05, 3.63) is 65.5 Å². The van der Waals surface area contributed by atoms with Gasteiger partial charge in [-0.15, -0.1) is 10.2 Å². The first-order valence-electron chi connectivity index (χ1n) is 8.47. The van der Waals surface area contributed by atoms with Gasteiger partial charge in [-0.1, -0.05) is 30.3 Å². The standard InChI is InChI=1S/C18H22N6/c1-14-11-23(12-16-9-10-19-20-16)13-18-22-21-17(24(14)18)8-7-15-5-3-2-4-6-15/h2-6,9-10,14H,7-8,11-13H2,1H3,(H,19,20)/t14-/m0/s1. The molecule has 0 saturated carbocycles. The number of H-pyrrole nitrogens is 1. The molecule has 6 nitrogen and oxygen atoms in total. The third kappa shape index (κ3) is 3.10. The van der Waals surface area contributed by atoms with Gasteiger partial charge in [-0.05, 0) is 25.0 Å². The first-order valence-corrected chi connectivity index (χ1v) is 8.47. The second-order valence-electron chi connectivity index (χ2n) is 6.49. The van der Waals surface area contributed by atoms with Gasteiger partial charge in [0.2, 0.25) is 0 Å². The van der Waals surface area contributed by atoms with E-state index in [1.165, 1.54) is 5.56 Å². The molecule has 1 N–H and O–H groups in total. The molecule has 0 bridgehead atoms. The van der Waals surface area contributed by atoms with Crippen LogP contribution in [-0.4, -0.2) is 36.4 Å². The number of aromatic amines is 1. The highest BCUT2D eigenvalue weighted by Crippen LogP contribution is 2.23. The van der Waals surface area contributed by atoms with E-state index in [-0.39, 0.29) is 0 Å². The third-order valence-electron chi connectivity index (χ3n) is 4.60. The Morgan fingerprint density at radius 2 is 2.00 bits per heavy atom. The number of benzene rings is 1. The summed E-state index contributed by atoms with van der Waals surface area (Å²) in [6.45, 7) is 4.96. The molecular weight excluding hydrogens is 300 g/mol. The van der Waals surface area contributed by atoms with Crippen LogP contribution >= 0.6 is 0 Å². The van der Waals surface area contributed by atoms with Crippen LogP contribution in [0.3, 0.4) is 0 Å². The first kappa shape index (κ1) is 15.1. The summed E-state index contributed by atoms with van der Waals surface area (Å²) < 4.78 is 2.33. The topological polar surface area (TPSA) is 62.6 Å². The quantitative estimate of drug-likeness (QED) is 0.783. The number of rotatable bonds is 5. The highest BCUT2D eigenvalue weighted by atomic mass is 15.4. The molecular formula is C18H22N6. The molecule has 124 valence electrons. The van der Waals surface area contributed by atoms with Crippen molar-refractivity contribution in [1.82, 2.24) is 29.9 Å². The number of aryl methyl sites for hydroxylation is 2. The molecule has 0 amide bonds. The molecule has 1 aromatic carbocycles. The predicted molar refractivity (Wildman–Crippen MR) is 91.3 cm³/mol. The SMILES string of the molecule is C[C@H]1CN(Cc2ccn[nH]2)Cc2nnc(CCc3ccccc3)n21. The fourth-order valence-corrected chi connectivity index (χ4v) is 3.50. The van der Waals surface area contributed by atoms with Crippen LogP contribution in [0.15, 0.2) is 42.6 Å². The maximum atomic E-state index is 4.46. The monoisotopic (exact) mass is 322 g/mol. The number of hydrogen-bond donors (Lipinski definition) is 1. The Morgan fingerprint density at radius 3 is 2.79 bits per heavy atom. The van der Waals surface area contributed by atoms with Gasteiger partial charge in [0.05, 0.1) is 6.54 Å². The molecule has 24 heavy (non-hydrogen) atoms. The summed E-state index contributed by atoms with van der Waals surface area (Å²) in [4.78, 5) is 2.39. The molecule has 1 aliphatic heterocycles. The van der Waals surface area contributed by atoms with Crippen molar-refractivity contribution < 1.29 is 0 Å². The summed E-state index contributed by atoms with van der Waals surface area (Å²) in [7, 11) is 0. The average Bonchev–Trinajstić information content (AvgIpc) is 3.24. The summed E-state index contributed by atoms with van der Waals surface area (Å²) in [5.74, 6) is 2.17. The zero-order valence-corrected chi connectivity index (χ0v) is 13.9. The van der Waals surface area contributed by atoms with Gasteiger partial charge in [-0.2, -0.15) is 5.10 Å². The van der Waals surface area contributed by atoms with Gasteiger partial charge in [0.1, 0.15) is 11.6 Å². The zero-order valence-electron chi connectivity index (χ0n) is 13.9. The lowest BCUT2D eigenvalue weighted by Gasteiger charge is -2.32. The highest BCUT2D eigenvalue weighted by Gasteiger charge is 2.26. The van der Waals surface area contributed by atoms with Crippen LogP contribution in [0.4, 0.5) is 0 Å². The van der Waals surface area contributed by atoms with Crippen molar-refractivity contribution in [1.29, 1.82) is 0 Å². The second kappa shape index (κ2) is 6.57. The molecule has 2 aromatic heterocycles. The Hall–Kier alpha value is -2.47. The minimum absolute atomic E-state index is 0.387. The maximum Gasteiger partial charge on any atom is 0.147 e. The van der Waals surface area contributed by atoms with Crippen molar-refractivity contribution in [3.8, 4) is 0 Å².